The van der Waals surface area contributed by atoms with Gasteiger partial charge in [-0.05, 0) is 48.2 Å². The van der Waals surface area contributed by atoms with Crippen molar-refractivity contribution in [1.82, 2.24) is 4.90 Å². The van der Waals surface area contributed by atoms with Gasteiger partial charge in [0.15, 0.2) is 0 Å². The van der Waals surface area contributed by atoms with Gasteiger partial charge >= 0.3 is 0 Å². The number of nitrogens with zero attached hydrogens (tertiary/aromatic N) is 1. The van der Waals surface area contributed by atoms with Gasteiger partial charge in [0.25, 0.3) is 0 Å². The zero-order valence-corrected chi connectivity index (χ0v) is 11.7. The van der Waals surface area contributed by atoms with Gasteiger partial charge in [-0.2, -0.15) is 0 Å². The first-order valence-corrected chi connectivity index (χ1v) is 7.03. The Labute approximate surface area is 135 Å². The van der Waals surface area contributed by atoms with Crippen LogP contribution in [0.15, 0.2) is 54.6 Å². The van der Waals surface area contributed by atoms with Crippen LogP contribution in [0.25, 0.3) is 17.7 Å². The minimum Gasteiger partial charge on any atom is -0.309 e. The number of hydrogen-bond acceptors (Lipinski definition) is 1. The highest BCUT2D eigenvalue weighted by Crippen LogP contribution is 2.33. The van der Waals surface area contributed by atoms with Crippen LogP contribution in [0.4, 0.5) is 0 Å². The lowest BCUT2D eigenvalue weighted by molar-refractivity contribution is 0.417. The molecule has 21 heavy (non-hydrogen) atoms. The van der Waals surface area contributed by atoms with E-state index in [1.54, 1.807) is 0 Å². The Morgan fingerprint density at radius 1 is 0.905 bits per heavy atom. The van der Waals surface area contributed by atoms with Gasteiger partial charge in [0.1, 0.15) is 0 Å². The molecule has 0 amide bonds. The molecule has 2 aromatic rings. The Morgan fingerprint density at radius 2 is 1.48 bits per heavy atom. The van der Waals surface area contributed by atoms with E-state index in [-0.39, 0.29) is 6.54 Å². The van der Waals surface area contributed by atoms with Gasteiger partial charge in [-0.15, -0.1) is 0 Å². The van der Waals surface area contributed by atoms with Crippen LogP contribution in [-0.4, -0.2) is 25.4 Å². The van der Waals surface area contributed by atoms with Gasteiger partial charge in [0, 0.05) is 14.8 Å². The van der Waals surface area contributed by atoms with Crippen molar-refractivity contribution in [3.05, 3.63) is 76.9 Å². The Balaban J connectivity index is 1.97. The summed E-state index contributed by atoms with van der Waals surface area (Å²) in [7, 11) is 0. The molecule has 106 valence electrons. The molecule has 0 N–H and O–H groups in total. The zero-order valence-electron chi connectivity index (χ0n) is 17.7. The van der Waals surface area contributed by atoms with E-state index in [1.165, 1.54) is 0 Å². The van der Waals surface area contributed by atoms with E-state index in [0.717, 1.165) is 27.8 Å². The topological polar surface area (TPSA) is 3.24 Å². The Bertz CT molecular complexity index is 811. The predicted molar refractivity (Wildman–Crippen MR) is 92.1 cm³/mol. The van der Waals surface area contributed by atoms with Crippen LogP contribution in [0, 0.1) is 0 Å². The maximum absolute atomic E-state index is 7.51. The third-order valence-corrected chi connectivity index (χ3v) is 3.65. The van der Waals surface area contributed by atoms with E-state index < -0.39 is 14.0 Å². The molecule has 0 unspecified atom stereocenters. The van der Waals surface area contributed by atoms with Crippen LogP contribution in [-0.2, 0) is 0 Å². The summed E-state index contributed by atoms with van der Waals surface area (Å²) in [5, 5.41) is 0. The summed E-state index contributed by atoms with van der Waals surface area (Å²) in [5.41, 5.74) is 5.23. The molecule has 1 aliphatic carbocycles. The van der Waals surface area contributed by atoms with Crippen LogP contribution in [0.3, 0.4) is 0 Å². The van der Waals surface area contributed by atoms with Crippen LogP contribution in [0.1, 0.15) is 36.9 Å². The molecule has 0 heterocycles. The molecule has 2 aromatic carbocycles. The summed E-state index contributed by atoms with van der Waals surface area (Å²) < 4.78 is 45.0. The molecule has 0 aliphatic heterocycles. The Morgan fingerprint density at radius 3 is 2.05 bits per heavy atom. The first kappa shape index (κ1) is 8.35. The van der Waals surface area contributed by atoms with Crippen molar-refractivity contribution in [1.29, 1.82) is 0 Å². The van der Waals surface area contributed by atoms with Gasteiger partial charge in [-0.3, -0.25) is 0 Å². The Kier molecular flexibility index (Phi) is 2.43. The molecule has 0 bridgehead atoms. The zero-order chi connectivity index (χ0) is 19.7. The van der Waals surface area contributed by atoms with E-state index in [2.05, 4.69) is 12.2 Å². The fourth-order valence-corrected chi connectivity index (χ4v) is 2.66. The van der Waals surface area contributed by atoms with Crippen molar-refractivity contribution in [2.24, 2.45) is 0 Å². The highest BCUT2D eigenvalue weighted by molar-refractivity contribution is 5.93. The molecule has 0 atom stereocenters. The molecule has 0 saturated heterocycles. The maximum Gasteiger partial charge on any atom is 0.0394 e. The van der Waals surface area contributed by atoms with E-state index in [9.17, 15) is 0 Å². The number of hydrogen-bond donors (Lipinski definition) is 0. The first-order chi connectivity index (χ1) is 12.7. The van der Waals surface area contributed by atoms with Crippen molar-refractivity contribution >= 4 is 17.7 Å². The normalized spacial score (nSPS) is 18.2. The van der Waals surface area contributed by atoms with Crippen LogP contribution >= 0.6 is 0 Å². The quantitative estimate of drug-likeness (QED) is 0.680. The first-order valence-electron chi connectivity index (χ1n) is 10.0. The standard InChI is InChI=1S/C20H21N/c1-21(2)15-7-12-20-18-10-5-3-8-16(18)13-14-17-9-4-6-11-19(17)20/h3-6,8-14H,7,15H2,1-2H3/i1D3,2D3. The average Bonchev–Trinajstić information content (AvgIpc) is 2.74. The van der Waals surface area contributed by atoms with Gasteiger partial charge < -0.3 is 4.90 Å². The highest BCUT2D eigenvalue weighted by atomic mass is 15.0. The molecule has 3 rings (SSSR count). The number of benzene rings is 2. The SMILES string of the molecule is [2H]C([2H])([2H])N(CCC=C1c2ccccc2C=Cc2ccccc21)C([2H])([2H])[2H]. The summed E-state index contributed by atoms with van der Waals surface area (Å²) in [6.45, 7) is -5.40. The van der Waals surface area contributed by atoms with Crippen LogP contribution in [0.5, 0.6) is 0 Å². The van der Waals surface area contributed by atoms with E-state index in [0.29, 0.717) is 11.3 Å². The molecule has 1 nitrogen and oxygen atoms in total. The smallest absolute Gasteiger partial charge is 0.0394 e. The molecule has 0 radical (unpaired) electrons. The molecular formula is C20H21N. The Hall–Kier alpha value is -2.12. The van der Waals surface area contributed by atoms with E-state index >= 15 is 0 Å². The van der Waals surface area contributed by atoms with E-state index in [4.69, 9.17) is 8.22 Å². The van der Waals surface area contributed by atoms with Crippen molar-refractivity contribution in [2.75, 3.05) is 20.5 Å². The minimum atomic E-state index is -2.66. The third kappa shape index (κ3) is 2.98. The summed E-state index contributed by atoms with van der Waals surface area (Å²) in [5.74, 6) is 0. The largest absolute Gasteiger partial charge is 0.309 e. The fraction of sp³-hybridized carbons (Fsp3) is 0.200. The molecule has 0 fully saturated rings. The van der Waals surface area contributed by atoms with Crippen LogP contribution in [0.2, 0.25) is 0 Å². The lowest BCUT2D eigenvalue weighted by atomic mass is 9.93. The minimum absolute atomic E-state index is 0.0751. The summed E-state index contributed by atoms with van der Waals surface area (Å²) >= 11 is 0. The van der Waals surface area contributed by atoms with Crippen molar-refractivity contribution in [2.45, 2.75) is 6.42 Å². The third-order valence-electron chi connectivity index (χ3n) is 3.65. The number of rotatable bonds is 3. The van der Waals surface area contributed by atoms with Gasteiger partial charge in [0.05, 0.1) is 0 Å². The second-order valence-electron chi connectivity index (χ2n) is 5.07. The van der Waals surface area contributed by atoms with Crippen molar-refractivity contribution in [3.8, 4) is 0 Å². The average molecular weight is 281 g/mol. The van der Waals surface area contributed by atoms with E-state index in [1.807, 2.05) is 54.6 Å². The second-order valence-corrected chi connectivity index (χ2v) is 5.07. The molecule has 0 aromatic heterocycles. The van der Waals surface area contributed by atoms with Crippen LogP contribution < -0.4 is 0 Å². The molecule has 1 aliphatic rings. The molecule has 0 spiro atoms. The fourth-order valence-electron chi connectivity index (χ4n) is 2.66. The predicted octanol–water partition coefficient (Wildman–Crippen LogP) is 4.55. The number of fused-ring (bicyclic) bond motifs is 2. The van der Waals surface area contributed by atoms with Gasteiger partial charge in [-0.1, -0.05) is 66.8 Å². The lowest BCUT2D eigenvalue weighted by Crippen LogP contribution is -2.12. The van der Waals surface area contributed by atoms with Crippen molar-refractivity contribution in [3.63, 3.8) is 0 Å². The lowest BCUT2D eigenvalue weighted by Gasteiger charge is -2.13. The summed E-state index contributed by atoms with van der Waals surface area (Å²) in [6, 6.07) is 16.0. The second kappa shape index (κ2) is 6.11. The summed E-state index contributed by atoms with van der Waals surface area (Å²) in [6.07, 6.45) is 6.38. The van der Waals surface area contributed by atoms with Gasteiger partial charge in [-0.25, -0.2) is 0 Å². The van der Waals surface area contributed by atoms with Crippen molar-refractivity contribution < 1.29 is 8.22 Å². The maximum atomic E-state index is 7.51. The molecular weight excluding hydrogens is 254 g/mol. The molecule has 1 heteroatoms. The molecule has 0 saturated carbocycles. The summed E-state index contributed by atoms with van der Waals surface area (Å²) in [4.78, 5) is 0.601. The highest BCUT2D eigenvalue weighted by Gasteiger charge is 2.13. The monoisotopic (exact) mass is 281 g/mol. The van der Waals surface area contributed by atoms with Gasteiger partial charge in [0.2, 0.25) is 0 Å².